The predicted molar refractivity (Wildman–Crippen MR) is 231 cm³/mol. The van der Waals surface area contributed by atoms with E-state index in [2.05, 4.69) is 45.8 Å². The summed E-state index contributed by atoms with van der Waals surface area (Å²) in [7, 11) is 0. The SMILES string of the molecule is O=C(Nc1cccc(-c2ccnc3cc(-c4ccncc4)nn23)c1)c1cc(F)cc(F)c1.O=C(Nc1cccc(-c2ccnc3cc(-c4cnc[nH]4)nn23)c1)c1cccc(C(F)(F)F)c1. The van der Waals surface area contributed by atoms with Gasteiger partial charge in [-0.2, -0.15) is 23.4 Å². The average molecular weight is 876 g/mol. The highest BCUT2D eigenvalue weighted by Crippen LogP contribution is 2.31. The number of aromatic amines is 1. The van der Waals surface area contributed by atoms with Crippen LogP contribution in [0.3, 0.4) is 0 Å². The van der Waals surface area contributed by atoms with Crippen LogP contribution in [0.5, 0.6) is 0 Å². The van der Waals surface area contributed by atoms with Crippen molar-refractivity contribution in [2.24, 2.45) is 0 Å². The molecule has 3 N–H and O–H groups in total. The van der Waals surface area contributed by atoms with Crippen LogP contribution in [0.4, 0.5) is 33.3 Å². The Kier molecular flexibility index (Phi) is 11.1. The topological polar surface area (TPSA) is 160 Å². The van der Waals surface area contributed by atoms with E-state index >= 15 is 0 Å². The quantitative estimate of drug-likeness (QED) is 0.127. The van der Waals surface area contributed by atoms with E-state index in [1.54, 1.807) is 88.8 Å². The van der Waals surface area contributed by atoms with Gasteiger partial charge >= 0.3 is 6.18 Å². The monoisotopic (exact) mass is 875 g/mol. The normalized spacial score (nSPS) is 11.3. The van der Waals surface area contributed by atoms with Crippen molar-refractivity contribution in [3.63, 3.8) is 0 Å². The average Bonchev–Trinajstić information content (AvgIpc) is 4.10. The fourth-order valence-corrected chi connectivity index (χ4v) is 6.86. The van der Waals surface area contributed by atoms with Gasteiger partial charge in [0.1, 0.15) is 17.3 Å². The molecule has 6 heterocycles. The predicted octanol–water partition coefficient (Wildman–Crippen LogP) is 10.0. The molecule has 0 bridgehead atoms. The summed E-state index contributed by atoms with van der Waals surface area (Å²) in [5.74, 6) is -2.88. The fourth-order valence-electron chi connectivity index (χ4n) is 6.86. The molecule has 0 radical (unpaired) electrons. The highest BCUT2D eigenvalue weighted by atomic mass is 19.4. The number of hydrogen-bond acceptors (Lipinski definition) is 8. The number of aromatic nitrogens is 9. The number of nitrogens with zero attached hydrogens (tertiary/aromatic N) is 8. The minimum atomic E-state index is -4.53. The molecule has 65 heavy (non-hydrogen) atoms. The molecule has 0 saturated carbocycles. The number of carbonyl (C=O) groups excluding carboxylic acids is 2. The van der Waals surface area contributed by atoms with Gasteiger partial charge in [0.25, 0.3) is 11.8 Å². The Bertz CT molecular complexity index is 3330. The Balaban J connectivity index is 0.000000164. The van der Waals surface area contributed by atoms with E-state index < -0.39 is 35.2 Å². The molecule has 0 aliphatic carbocycles. The Labute approximate surface area is 364 Å². The first-order chi connectivity index (χ1) is 31.4. The zero-order valence-electron chi connectivity index (χ0n) is 33.4. The van der Waals surface area contributed by atoms with Crippen LogP contribution in [0.1, 0.15) is 26.3 Å². The van der Waals surface area contributed by atoms with Crippen LogP contribution in [-0.2, 0) is 6.18 Å². The standard InChI is InChI=1S/C24H15F2N5O.C23H15F3N6O/c25-18-10-17(11-19(26)13-18)24(32)29-20-3-1-2-16(12-20)22-6-9-28-23-14-21(30-31(22)23)15-4-7-27-8-5-15;24-23(25,26)16-5-1-4-15(9-16)22(33)30-17-6-2-3-14(10-17)20-7-8-28-21-11-18(31-32(20)21)19-12-27-13-29-19/h1-14H,(H,29,32);1-13H,(H,27,29)(H,30,33). The number of rotatable bonds is 8. The van der Waals surface area contributed by atoms with Crippen molar-refractivity contribution in [3.8, 4) is 45.2 Å². The van der Waals surface area contributed by atoms with Gasteiger partial charge in [-0.3, -0.25) is 14.6 Å². The molecule has 4 aromatic carbocycles. The Morgan fingerprint density at radius 1 is 0.554 bits per heavy atom. The first kappa shape index (κ1) is 41.4. The number of benzene rings is 4. The van der Waals surface area contributed by atoms with Crippen LogP contribution in [0.15, 0.2) is 165 Å². The molecule has 0 saturated heterocycles. The maximum absolute atomic E-state index is 13.4. The summed E-state index contributed by atoms with van der Waals surface area (Å²) in [6, 6.07) is 32.1. The van der Waals surface area contributed by atoms with E-state index in [9.17, 15) is 31.5 Å². The molecular formula is C47H30F5N11O2. The zero-order chi connectivity index (χ0) is 45.1. The molecule has 320 valence electrons. The third-order valence-electron chi connectivity index (χ3n) is 9.88. The first-order valence-electron chi connectivity index (χ1n) is 19.5. The summed E-state index contributed by atoms with van der Waals surface area (Å²) in [6.07, 6.45) is 5.42. The molecule has 13 nitrogen and oxygen atoms in total. The number of imidazole rings is 1. The van der Waals surface area contributed by atoms with Crippen molar-refractivity contribution in [3.05, 3.63) is 193 Å². The first-order valence-corrected chi connectivity index (χ1v) is 19.5. The number of H-pyrrole nitrogens is 1. The molecule has 0 atom stereocenters. The Hall–Kier alpha value is -8.93. The number of pyridine rings is 1. The molecular weight excluding hydrogens is 846 g/mol. The number of alkyl halides is 3. The van der Waals surface area contributed by atoms with E-state index in [0.29, 0.717) is 28.4 Å². The smallest absolute Gasteiger partial charge is 0.343 e. The van der Waals surface area contributed by atoms with Gasteiger partial charge in [0.05, 0.1) is 40.9 Å². The van der Waals surface area contributed by atoms with Crippen LogP contribution >= 0.6 is 0 Å². The van der Waals surface area contributed by atoms with Crippen molar-refractivity contribution in [1.82, 2.24) is 44.1 Å². The third kappa shape index (κ3) is 9.17. The van der Waals surface area contributed by atoms with Gasteiger partial charge in [-0.1, -0.05) is 30.3 Å². The maximum atomic E-state index is 13.4. The number of amides is 2. The summed E-state index contributed by atoms with van der Waals surface area (Å²) in [6.45, 7) is 0. The lowest BCUT2D eigenvalue weighted by atomic mass is 10.1. The number of nitrogens with one attached hydrogen (secondary N) is 3. The minimum absolute atomic E-state index is 0.0854. The van der Waals surface area contributed by atoms with Crippen LogP contribution in [-0.4, -0.2) is 56.0 Å². The molecule has 0 fully saturated rings. The van der Waals surface area contributed by atoms with Gasteiger partial charge < -0.3 is 15.6 Å². The molecule has 18 heteroatoms. The second kappa shape index (κ2) is 17.4. The molecule has 0 aliphatic heterocycles. The van der Waals surface area contributed by atoms with Gasteiger partial charge in [0.15, 0.2) is 11.3 Å². The number of carbonyl (C=O) groups is 2. The lowest BCUT2D eigenvalue weighted by Crippen LogP contribution is -2.14. The van der Waals surface area contributed by atoms with Crippen molar-refractivity contribution in [2.45, 2.75) is 6.18 Å². The molecule has 2 amide bonds. The second-order valence-electron chi connectivity index (χ2n) is 14.3. The Morgan fingerprint density at radius 3 is 1.71 bits per heavy atom. The molecule has 10 rings (SSSR count). The highest BCUT2D eigenvalue weighted by molar-refractivity contribution is 6.05. The molecule has 10 aromatic rings. The summed E-state index contributed by atoms with van der Waals surface area (Å²) >= 11 is 0. The van der Waals surface area contributed by atoms with Gasteiger partial charge in [-0.05, 0) is 78.9 Å². The summed E-state index contributed by atoms with van der Waals surface area (Å²) in [4.78, 5) is 44.8. The summed E-state index contributed by atoms with van der Waals surface area (Å²) in [5, 5.41) is 14.6. The number of fused-ring (bicyclic) bond motifs is 2. The highest BCUT2D eigenvalue weighted by Gasteiger charge is 2.31. The van der Waals surface area contributed by atoms with Crippen molar-refractivity contribution in [1.29, 1.82) is 0 Å². The maximum Gasteiger partial charge on any atom is 0.416 e. The summed E-state index contributed by atoms with van der Waals surface area (Å²) in [5.41, 5.74) is 7.22. The summed E-state index contributed by atoms with van der Waals surface area (Å²) < 4.78 is 69.2. The molecule has 6 aromatic heterocycles. The molecule has 0 aliphatic rings. The van der Waals surface area contributed by atoms with Crippen LogP contribution in [0, 0.1) is 11.6 Å². The molecule has 0 unspecified atom stereocenters. The van der Waals surface area contributed by atoms with Crippen molar-refractivity contribution in [2.75, 3.05) is 10.6 Å². The number of anilines is 2. The van der Waals surface area contributed by atoms with E-state index in [1.807, 2.05) is 42.5 Å². The molecule has 0 spiro atoms. The largest absolute Gasteiger partial charge is 0.416 e. The van der Waals surface area contributed by atoms with Gasteiger partial charge in [-0.25, -0.2) is 32.8 Å². The number of halogens is 5. The second-order valence-corrected chi connectivity index (χ2v) is 14.3. The van der Waals surface area contributed by atoms with E-state index in [0.717, 1.165) is 69.8 Å². The van der Waals surface area contributed by atoms with Gasteiger partial charge in [0.2, 0.25) is 0 Å². The van der Waals surface area contributed by atoms with E-state index in [-0.39, 0.29) is 11.1 Å². The van der Waals surface area contributed by atoms with Crippen LogP contribution in [0.2, 0.25) is 0 Å². The van der Waals surface area contributed by atoms with Crippen molar-refractivity contribution >= 4 is 34.5 Å². The minimum Gasteiger partial charge on any atom is -0.343 e. The third-order valence-corrected chi connectivity index (χ3v) is 9.88. The fraction of sp³-hybridized carbons (Fsp3) is 0.0213. The Morgan fingerprint density at radius 2 is 1.12 bits per heavy atom. The van der Waals surface area contributed by atoms with Crippen LogP contribution < -0.4 is 10.6 Å². The van der Waals surface area contributed by atoms with E-state index in [4.69, 9.17) is 0 Å². The lowest BCUT2D eigenvalue weighted by Gasteiger charge is -2.11. The van der Waals surface area contributed by atoms with E-state index in [1.165, 1.54) is 12.1 Å². The van der Waals surface area contributed by atoms with Gasteiger partial charge in [0, 0.05) is 82.2 Å². The zero-order valence-corrected chi connectivity index (χ0v) is 33.4. The lowest BCUT2D eigenvalue weighted by molar-refractivity contribution is -0.137. The number of hydrogen-bond donors (Lipinski definition) is 3. The van der Waals surface area contributed by atoms with Crippen molar-refractivity contribution < 1.29 is 31.5 Å². The van der Waals surface area contributed by atoms with Crippen LogP contribution in [0.25, 0.3) is 56.5 Å². The van der Waals surface area contributed by atoms with Gasteiger partial charge in [-0.15, -0.1) is 0 Å².